The van der Waals surface area contributed by atoms with Crippen LogP contribution in [-0.4, -0.2) is 32.9 Å². The number of ether oxygens (including phenoxy) is 1. The van der Waals surface area contributed by atoms with Crippen LogP contribution in [-0.2, 0) is 10.0 Å². The molecule has 106 valence electrons. The second-order valence-corrected chi connectivity index (χ2v) is 6.89. The predicted octanol–water partition coefficient (Wildman–Crippen LogP) is 2.57. The van der Waals surface area contributed by atoms with Gasteiger partial charge in [0.05, 0.1) is 12.0 Å². The molecule has 0 N–H and O–H groups in total. The summed E-state index contributed by atoms with van der Waals surface area (Å²) in [7, 11) is -1.77. The molecule has 1 saturated heterocycles. The van der Waals surface area contributed by atoms with Crippen molar-refractivity contribution < 1.29 is 13.2 Å². The van der Waals surface area contributed by atoms with Crippen LogP contribution in [0.25, 0.3) is 0 Å². The fraction of sp³-hybridized carbons (Fsp3) is 0.571. The van der Waals surface area contributed by atoms with Crippen molar-refractivity contribution in [2.75, 3.05) is 20.2 Å². The Kier molecular flexibility index (Phi) is 4.47. The highest BCUT2D eigenvalue weighted by Gasteiger charge is 2.25. The van der Waals surface area contributed by atoms with Gasteiger partial charge in [0.1, 0.15) is 5.75 Å². The molecule has 0 spiro atoms. The summed E-state index contributed by atoms with van der Waals surface area (Å²) in [6.45, 7) is 3.13. The summed E-state index contributed by atoms with van der Waals surface area (Å²) in [5, 5.41) is 0. The number of benzene rings is 1. The van der Waals surface area contributed by atoms with Crippen molar-refractivity contribution >= 4 is 10.0 Å². The summed E-state index contributed by atoms with van der Waals surface area (Å²) < 4.78 is 31.9. The van der Waals surface area contributed by atoms with E-state index in [2.05, 4.69) is 0 Å². The zero-order chi connectivity index (χ0) is 13.9. The first-order chi connectivity index (χ1) is 9.05. The maximum Gasteiger partial charge on any atom is 0.243 e. The van der Waals surface area contributed by atoms with Crippen LogP contribution in [0.3, 0.4) is 0 Å². The van der Waals surface area contributed by atoms with Gasteiger partial charge in [-0.05, 0) is 43.5 Å². The fourth-order valence-electron chi connectivity index (χ4n) is 2.44. The van der Waals surface area contributed by atoms with Gasteiger partial charge in [0.25, 0.3) is 0 Å². The van der Waals surface area contributed by atoms with Crippen molar-refractivity contribution in [2.45, 2.75) is 37.5 Å². The molecule has 0 atom stereocenters. The molecule has 1 aromatic carbocycles. The van der Waals surface area contributed by atoms with Crippen LogP contribution in [0.2, 0.25) is 0 Å². The second-order valence-electron chi connectivity index (χ2n) is 4.95. The minimum Gasteiger partial charge on any atom is -0.496 e. The molecule has 1 heterocycles. The van der Waals surface area contributed by atoms with Gasteiger partial charge < -0.3 is 4.74 Å². The van der Waals surface area contributed by atoms with E-state index in [-0.39, 0.29) is 0 Å². The summed E-state index contributed by atoms with van der Waals surface area (Å²) in [5.74, 6) is 0.717. The second kappa shape index (κ2) is 5.92. The molecule has 0 aliphatic carbocycles. The molecule has 0 radical (unpaired) electrons. The number of hydrogen-bond donors (Lipinski definition) is 0. The molecule has 1 aliphatic rings. The third kappa shape index (κ3) is 3.09. The number of hydrogen-bond acceptors (Lipinski definition) is 3. The topological polar surface area (TPSA) is 46.6 Å². The van der Waals surface area contributed by atoms with E-state index in [0.717, 1.165) is 37.0 Å². The number of aryl methyl sites for hydroxylation is 1. The van der Waals surface area contributed by atoms with Crippen LogP contribution >= 0.6 is 0 Å². The minimum atomic E-state index is -3.36. The Labute approximate surface area is 115 Å². The zero-order valence-electron chi connectivity index (χ0n) is 11.6. The molecule has 0 amide bonds. The lowest BCUT2D eigenvalue weighted by atomic mass is 10.2. The lowest BCUT2D eigenvalue weighted by Gasteiger charge is -2.20. The summed E-state index contributed by atoms with van der Waals surface area (Å²) in [5.41, 5.74) is 0.846. The van der Waals surface area contributed by atoms with E-state index in [1.165, 1.54) is 0 Å². The Morgan fingerprint density at radius 3 is 2.26 bits per heavy atom. The van der Waals surface area contributed by atoms with Crippen molar-refractivity contribution in [3.63, 3.8) is 0 Å². The average Bonchev–Trinajstić information content (AvgIpc) is 2.67. The van der Waals surface area contributed by atoms with Gasteiger partial charge in [-0.3, -0.25) is 0 Å². The lowest BCUT2D eigenvalue weighted by molar-refractivity contribution is 0.410. The molecule has 0 unspecified atom stereocenters. The van der Waals surface area contributed by atoms with E-state index in [1.807, 2.05) is 6.92 Å². The number of nitrogens with zero attached hydrogens (tertiary/aromatic N) is 1. The molecule has 4 nitrogen and oxygen atoms in total. The summed E-state index contributed by atoms with van der Waals surface area (Å²) in [6, 6.07) is 5.05. The van der Waals surface area contributed by atoms with Crippen molar-refractivity contribution in [1.29, 1.82) is 0 Å². The normalized spacial score (nSPS) is 18.0. The van der Waals surface area contributed by atoms with E-state index in [4.69, 9.17) is 4.74 Å². The summed E-state index contributed by atoms with van der Waals surface area (Å²) >= 11 is 0. The maximum absolute atomic E-state index is 12.6. The van der Waals surface area contributed by atoms with E-state index in [1.54, 1.807) is 29.6 Å². The SMILES string of the molecule is COc1ccc(S(=O)(=O)N2CCCCCC2)cc1C. The standard InChI is InChI=1S/C14H21NO3S/c1-12-11-13(7-8-14(12)18-2)19(16,17)15-9-5-3-4-6-10-15/h7-8,11H,3-6,9-10H2,1-2H3. The van der Waals surface area contributed by atoms with E-state index >= 15 is 0 Å². The Balaban J connectivity index is 2.30. The predicted molar refractivity (Wildman–Crippen MR) is 75.0 cm³/mol. The van der Waals surface area contributed by atoms with Gasteiger partial charge in [0.15, 0.2) is 0 Å². The number of sulfonamides is 1. The highest BCUT2D eigenvalue weighted by molar-refractivity contribution is 7.89. The molecule has 1 aliphatic heterocycles. The average molecular weight is 283 g/mol. The Morgan fingerprint density at radius 1 is 1.11 bits per heavy atom. The first-order valence-corrected chi connectivity index (χ1v) is 8.14. The van der Waals surface area contributed by atoms with Crippen LogP contribution < -0.4 is 4.74 Å². The molecule has 5 heteroatoms. The lowest BCUT2D eigenvalue weighted by Crippen LogP contribution is -2.31. The zero-order valence-corrected chi connectivity index (χ0v) is 12.4. The fourth-order valence-corrected chi connectivity index (χ4v) is 4.05. The summed E-state index contributed by atoms with van der Waals surface area (Å²) in [6.07, 6.45) is 4.14. The highest BCUT2D eigenvalue weighted by atomic mass is 32.2. The van der Waals surface area contributed by atoms with Crippen molar-refractivity contribution in [3.05, 3.63) is 23.8 Å². The molecule has 1 fully saturated rings. The third-order valence-corrected chi connectivity index (χ3v) is 5.46. The van der Waals surface area contributed by atoms with Gasteiger partial charge in [-0.15, -0.1) is 0 Å². The quantitative estimate of drug-likeness (QED) is 0.856. The first kappa shape index (κ1) is 14.3. The van der Waals surface area contributed by atoms with Crippen molar-refractivity contribution in [1.82, 2.24) is 4.31 Å². The van der Waals surface area contributed by atoms with Crippen LogP contribution in [0.4, 0.5) is 0 Å². The maximum atomic E-state index is 12.6. The third-order valence-electron chi connectivity index (χ3n) is 3.57. The van der Waals surface area contributed by atoms with E-state index in [9.17, 15) is 8.42 Å². The monoisotopic (exact) mass is 283 g/mol. The van der Waals surface area contributed by atoms with Crippen LogP contribution in [0.1, 0.15) is 31.2 Å². The molecular weight excluding hydrogens is 262 g/mol. The van der Waals surface area contributed by atoms with Crippen LogP contribution in [0.5, 0.6) is 5.75 Å². The molecule has 0 aromatic heterocycles. The highest BCUT2D eigenvalue weighted by Crippen LogP contribution is 2.25. The van der Waals surface area contributed by atoms with Crippen molar-refractivity contribution in [3.8, 4) is 5.75 Å². The molecule has 0 saturated carbocycles. The number of methoxy groups -OCH3 is 1. The minimum absolute atomic E-state index is 0.368. The Bertz CT molecular complexity index is 532. The molecule has 1 aromatic rings. The van der Waals surface area contributed by atoms with E-state index in [0.29, 0.717) is 18.0 Å². The van der Waals surface area contributed by atoms with Gasteiger partial charge in [0.2, 0.25) is 10.0 Å². The first-order valence-electron chi connectivity index (χ1n) is 6.70. The summed E-state index contributed by atoms with van der Waals surface area (Å²) in [4.78, 5) is 0.368. The van der Waals surface area contributed by atoms with Crippen LogP contribution in [0, 0.1) is 6.92 Å². The molecule has 0 bridgehead atoms. The van der Waals surface area contributed by atoms with Gasteiger partial charge in [-0.1, -0.05) is 12.8 Å². The largest absolute Gasteiger partial charge is 0.496 e. The molecule has 2 rings (SSSR count). The van der Waals surface area contributed by atoms with E-state index < -0.39 is 10.0 Å². The van der Waals surface area contributed by atoms with Crippen molar-refractivity contribution in [2.24, 2.45) is 0 Å². The van der Waals surface area contributed by atoms with Gasteiger partial charge in [-0.2, -0.15) is 4.31 Å². The smallest absolute Gasteiger partial charge is 0.243 e. The van der Waals surface area contributed by atoms with Gasteiger partial charge in [-0.25, -0.2) is 8.42 Å². The Hall–Kier alpha value is -1.07. The molecular formula is C14H21NO3S. The number of rotatable bonds is 3. The van der Waals surface area contributed by atoms with Gasteiger partial charge >= 0.3 is 0 Å². The Morgan fingerprint density at radius 2 is 1.74 bits per heavy atom. The van der Waals surface area contributed by atoms with Crippen LogP contribution in [0.15, 0.2) is 23.1 Å². The van der Waals surface area contributed by atoms with Gasteiger partial charge in [0, 0.05) is 13.1 Å². The molecule has 19 heavy (non-hydrogen) atoms.